The summed E-state index contributed by atoms with van der Waals surface area (Å²) in [5.41, 5.74) is 4.04. The zero-order chi connectivity index (χ0) is 14.5. The van der Waals surface area contributed by atoms with E-state index in [1.807, 2.05) is 0 Å². The Bertz CT molecular complexity index is 564. The largest absolute Gasteiger partial charge is 0.0786 e. The smallest absolute Gasteiger partial charge is 0.0655 e. The highest BCUT2D eigenvalue weighted by Gasteiger charge is 2.13. The first-order chi connectivity index (χ1) is 9.61. The van der Waals surface area contributed by atoms with Gasteiger partial charge in [0.2, 0.25) is 0 Å². The van der Waals surface area contributed by atoms with Crippen LogP contribution >= 0.6 is 54.5 Å². The molecule has 0 aliphatic rings. The zero-order valence-electron chi connectivity index (χ0n) is 11.4. The van der Waals surface area contributed by atoms with E-state index in [2.05, 4.69) is 104 Å². The summed E-state index contributed by atoms with van der Waals surface area (Å²) >= 11 is 9.78. The number of benzene rings is 2. The monoisotopic (exact) mass is 506 g/mol. The summed E-state index contributed by atoms with van der Waals surface area (Å²) in [6.07, 6.45) is 3.69. The van der Waals surface area contributed by atoms with Gasteiger partial charge in [0.15, 0.2) is 0 Å². The van der Waals surface area contributed by atoms with Crippen LogP contribution in [0.25, 0.3) is 0 Å². The van der Waals surface area contributed by atoms with E-state index < -0.39 is 0 Å². The van der Waals surface area contributed by atoms with Crippen molar-refractivity contribution in [3.8, 4) is 0 Å². The van der Waals surface area contributed by atoms with Gasteiger partial charge in [-0.05, 0) is 70.3 Å². The number of unbranched alkanes of at least 4 members (excludes halogenated alkanes) is 1. The van der Waals surface area contributed by atoms with E-state index in [1.165, 1.54) is 39.5 Å². The van der Waals surface area contributed by atoms with Crippen LogP contribution in [0.5, 0.6) is 0 Å². The molecule has 0 aliphatic carbocycles. The van der Waals surface area contributed by atoms with Crippen LogP contribution in [0.4, 0.5) is 0 Å². The maximum atomic E-state index is 3.83. The molecule has 0 nitrogen and oxygen atoms in total. The van der Waals surface area contributed by atoms with Gasteiger partial charge in [0.05, 0.1) is 4.83 Å². The Balaban J connectivity index is 2.20. The first-order valence-electron chi connectivity index (χ1n) is 6.79. The molecule has 1 unspecified atom stereocenters. The third-order valence-corrected chi connectivity index (χ3v) is 5.82. The van der Waals surface area contributed by atoms with Crippen molar-refractivity contribution in [1.29, 1.82) is 0 Å². The first-order valence-corrected chi connectivity index (χ1v) is 9.58. The number of hydrogen-bond donors (Lipinski definition) is 0. The molecule has 1 atom stereocenters. The van der Waals surface area contributed by atoms with Crippen LogP contribution in [-0.4, -0.2) is 0 Å². The fourth-order valence-corrected chi connectivity index (χ4v) is 4.26. The Morgan fingerprint density at radius 2 is 1.80 bits per heavy atom. The van der Waals surface area contributed by atoms with E-state index in [1.54, 1.807) is 0 Å². The molecule has 2 rings (SSSR count). The fourth-order valence-electron chi connectivity index (χ4n) is 2.12. The molecule has 0 N–H and O–H groups in total. The van der Waals surface area contributed by atoms with Crippen LogP contribution < -0.4 is 0 Å². The summed E-state index contributed by atoms with van der Waals surface area (Å²) in [5, 5.41) is 0. The Hall–Kier alpha value is 0.130. The summed E-state index contributed by atoms with van der Waals surface area (Å²) in [5.74, 6) is 0. The molecular formula is C17H17Br2I. The molecule has 0 fully saturated rings. The van der Waals surface area contributed by atoms with Gasteiger partial charge in [-0.15, -0.1) is 0 Å². The maximum Gasteiger partial charge on any atom is 0.0655 e. The highest BCUT2D eigenvalue weighted by Crippen LogP contribution is 2.35. The number of hydrogen-bond acceptors (Lipinski definition) is 0. The number of rotatable bonds is 5. The third kappa shape index (κ3) is 4.31. The van der Waals surface area contributed by atoms with Gasteiger partial charge in [-0.2, -0.15) is 0 Å². The summed E-state index contributed by atoms with van der Waals surface area (Å²) in [6, 6.07) is 15.4. The Kier molecular flexibility index (Phi) is 6.56. The van der Waals surface area contributed by atoms with Crippen molar-refractivity contribution >= 4 is 54.5 Å². The second-order valence-corrected chi connectivity index (χ2v) is 7.87. The van der Waals surface area contributed by atoms with E-state index in [4.69, 9.17) is 0 Å². The lowest BCUT2D eigenvalue weighted by Crippen LogP contribution is -1.96. The SMILES string of the molecule is CCCCc1ccc(C(Br)c2cc(Br)ccc2I)cc1. The summed E-state index contributed by atoms with van der Waals surface area (Å²) in [6.45, 7) is 2.23. The van der Waals surface area contributed by atoms with E-state index in [-0.39, 0.29) is 4.83 Å². The van der Waals surface area contributed by atoms with E-state index >= 15 is 0 Å². The van der Waals surface area contributed by atoms with Gasteiger partial charge in [-0.3, -0.25) is 0 Å². The lowest BCUT2D eigenvalue weighted by molar-refractivity contribution is 0.795. The minimum absolute atomic E-state index is 0.243. The van der Waals surface area contributed by atoms with Crippen molar-refractivity contribution < 1.29 is 0 Å². The number of halogens is 3. The van der Waals surface area contributed by atoms with Crippen LogP contribution in [0.15, 0.2) is 46.9 Å². The molecule has 0 saturated carbocycles. The quantitative estimate of drug-likeness (QED) is 0.305. The molecule has 20 heavy (non-hydrogen) atoms. The van der Waals surface area contributed by atoms with E-state index in [0.29, 0.717) is 0 Å². The summed E-state index contributed by atoms with van der Waals surface area (Å²) < 4.78 is 2.40. The van der Waals surface area contributed by atoms with Gasteiger partial charge < -0.3 is 0 Å². The van der Waals surface area contributed by atoms with E-state index in [9.17, 15) is 0 Å². The molecule has 0 amide bonds. The zero-order valence-corrected chi connectivity index (χ0v) is 16.7. The molecule has 2 aromatic carbocycles. The van der Waals surface area contributed by atoms with Crippen molar-refractivity contribution in [3.05, 3.63) is 67.2 Å². The Morgan fingerprint density at radius 3 is 2.45 bits per heavy atom. The van der Waals surface area contributed by atoms with Gasteiger partial charge in [0.1, 0.15) is 0 Å². The van der Waals surface area contributed by atoms with Gasteiger partial charge in [-0.1, -0.05) is 69.5 Å². The lowest BCUT2D eigenvalue weighted by atomic mass is 10.0. The summed E-state index contributed by atoms with van der Waals surface area (Å²) in [4.78, 5) is 0.243. The van der Waals surface area contributed by atoms with Crippen molar-refractivity contribution in [3.63, 3.8) is 0 Å². The predicted octanol–water partition coefficient (Wildman–Crippen LogP) is 6.88. The van der Waals surface area contributed by atoms with Gasteiger partial charge in [-0.25, -0.2) is 0 Å². The number of alkyl halides is 1. The van der Waals surface area contributed by atoms with Crippen molar-refractivity contribution in [2.45, 2.75) is 31.0 Å². The molecule has 0 heterocycles. The molecule has 0 saturated heterocycles. The molecule has 0 bridgehead atoms. The van der Waals surface area contributed by atoms with Crippen LogP contribution in [0.3, 0.4) is 0 Å². The topological polar surface area (TPSA) is 0 Å². The molecule has 0 radical (unpaired) electrons. The highest BCUT2D eigenvalue weighted by molar-refractivity contribution is 14.1. The fraction of sp³-hybridized carbons (Fsp3) is 0.294. The average molecular weight is 508 g/mol. The average Bonchev–Trinajstić information content (AvgIpc) is 2.47. The molecule has 0 aromatic heterocycles. The second kappa shape index (κ2) is 7.95. The minimum Gasteiger partial charge on any atom is -0.0786 e. The van der Waals surface area contributed by atoms with Crippen molar-refractivity contribution in [2.75, 3.05) is 0 Å². The van der Waals surface area contributed by atoms with Crippen LogP contribution in [0.2, 0.25) is 0 Å². The molecule has 0 spiro atoms. The Morgan fingerprint density at radius 1 is 1.10 bits per heavy atom. The van der Waals surface area contributed by atoms with Gasteiger partial charge in [0, 0.05) is 8.04 Å². The normalized spacial score (nSPS) is 12.4. The number of aryl methyl sites for hydroxylation is 1. The molecule has 3 heteroatoms. The highest BCUT2D eigenvalue weighted by atomic mass is 127. The molecular weight excluding hydrogens is 491 g/mol. The summed E-state index contributed by atoms with van der Waals surface area (Å²) in [7, 11) is 0. The first kappa shape index (κ1) is 16.5. The minimum atomic E-state index is 0.243. The molecule has 2 aromatic rings. The van der Waals surface area contributed by atoms with Gasteiger partial charge >= 0.3 is 0 Å². The third-order valence-electron chi connectivity index (χ3n) is 3.32. The Labute approximate surface area is 151 Å². The van der Waals surface area contributed by atoms with Crippen molar-refractivity contribution in [2.24, 2.45) is 0 Å². The standard InChI is InChI=1S/C17H17Br2I/c1-2-3-4-12-5-7-13(8-6-12)17(19)15-11-14(18)9-10-16(15)20/h5-11,17H,2-4H2,1H3. The maximum absolute atomic E-state index is 3.83. The van der Waals surface area contributed by atoms with E-state index in [0.717, 1.165) is 4.47 Å². The predicted molar refractivity (Wildman–Crippen MR) is 103 cm³/mol. The van der Waals surface area contributed by atoms with Crippen molar-refractivity contribution in [1.82, 2.24) is 0 Å². The van der Waals surface area contributed by atoms with Gasteiger partial charge in [0.25, 0.3) is 0 Å². The molecule has 0 aliphatic heterocycles. The lowest BCUT2D eigenvalue weighted by Gasteiger charge is -2.14. The van der Waals surface area contributed by atoms with Crippen LogP contribution in [0, 0.1) is 3.57 Å². The second-order valence-electron chi connectivity index (χ2n) is 4.87. The molecule has 106 valence electrons. The van der Waals surface area contributed by atoms with Crippen LogP contribution in [-0.2, 0) is 6.42 Å². The van der Waals surface area contributed by atoms with Crippen LogP contribution in [0.1, 0.15) is 41.3 Å².